The molecule has 6 nitrogen and oxygen atoms in total. The summed E-state index contributed by atoms with van der Waals surface area (Å²) in [6, 6.07) is 18.7. The fourth-order valence-electron chi connectivity index (χ4n) is 4.17. The van der Waals surface area contributed by atoms with Gasteiger partial charge in [0.1, 0.15) is 5.75 Å². The van der Waals surface area contributed by atoms with Crippen molar-refractivity contribution in [2.45, 2.75) is 51.5 Å². The predicted molar refractivity (Wildman–Crippen MR) is 147 cm³/mol. The molecule has 1 aliphatic heterocycles. The van der Waals surface area contributed by atoms with Gasteiger partial charge < -0.3 is 20.7 Å². The van der Waals surface area contributed by atoms with Crippen LogP contribution in [0.1, 0.15) is 49.7 Å². The number of ether oxygens (including phenoxy) is 1. The van der Waals surface area contributed by atoms with Crippen LogP contribution >= 0.6 is 12.2 Å². The second-order valence-electron chi connectivity index (χ2n) is 9.06. The first-order valence-corrected chi connectivity index (χ1v) is 13.4. The number of amides is 1. The molecule has 35 heavy (non-hydrogen) atoms. The maximum atomic E-state index is 12.1. The molecule has 1 fully saturated rings. The summed E-state index contributed by atoms with van der Waals surface area (Å²) in [5.41, 5.74) is 2.59. The van der Waals surface area contributed by atoms with Crippen molar-refractivity contribution in [3.8, 4) is 5.75 Å². The number of hydrogen-bond donors (Lipinski definition) is 3. The van der Waals surface area contributed by atoms with Gasteiger partial charge in [-0.15, -0.1) is 0 Å². The van der Waals surface area contributed by atoms with Crippen molar-refractivity contribution in [1.29, 1.82) is 0 Å². The fourth-order valence-corrected chi connectivity index (χ4v) is 4.37. The molecular weight excluding hydrogens is 456 g/mol. The minimum absolute atomic E-state index is 0.0679. The van der Waals surface area contributed by atoms with Gasteiger partial charge in [-0.1, -0.05) is 48.9 Å². The van der Waals surface area contributed by atoms with Crippen molar-refractivity contribution in [2.24, 2.45) is 0 Å². The lowest BCUT2D eigenvalue weighted by atomic mass is 10.1. The van der Waals surface area contributed by atoms with Crippen molar-refractivity contribution < 1.29 is 9.53 Å². The van der Waals surface area contributed by atoms with Crippen molar-refractivity contribution in [3.05, 3.63) is 65.7 Å². The molecule has 1 amide bonds. The van der Waals surface area contributed by atoms with E-state index in [1.807, 2.05) is 24.3 Å². The van der Waals surface area contributed by atoms with Gasteiger partial charge in [0.15, 0.2) is 5.11 Å². The maximum absolute atomic E-state index is 12.1. The van der Waals surface area contributed by atoms with E-state index < -0.39 is 0 Å². The Hall–Kier alpha value is -2.64. The molecule has 2 aromatic carbocycles. The third-order valence-electron chi connectivity index (χ3n) is 6.07. The Morgan fingerprint density at radius 3 is 2.43 bits per heavy atom. The lowest BCUT2D eigenvalue weighted by molar-refractivity contribution is -0.121. The summed E-state index contributed by atoms with van der Waals surface area (Å²) in [7, 11) is 0. The van der Waals surface area contributed by atoms with Crippen molar-refractivity contribution >= 4 is 23.2 Å². The van der Waals surface area contributed by atoms with Crippen LogP contribution in [0.15, 0.2) is 54.6 Å². The highest BCUT2D eigenvalue weighted by molar-refractivity contribution is 7.80. The summed E-state index contributed by atoms with van der Waals surface area (Å²) in [5, 5.41) is 9.99. The number of carbonyl (C=O) groups excluding carboxylic acids is 1. The zero-order valence-corrected chi connectivity index (χ0v) is 21.6. The van der Waals surface area contributed by atoms with E-state index in [1.165, 1.54) is 43.5 Å². The lowest BCUT2D eigenvalue weighted by Crippen LogP contribution is -2.37. The van der Waals surface area contributed by atoms with Crippen LogP contribution in [0.5, 0.6) is 5.75 Å². The van der Waals surface area contributed by atoms with Crippen LogP contribution in [0.3, 0.4) is 0 Å². The highest BCUT2D eigenvalue weighted by atomic mass is 32.1. The van der Waals surface area contributed by atoms with Crippen molar-refractivity contribution in [3.63, 3.8) is 0 Å². The highest BCUT2D eigenvalue weighted by Crippen LogP contribution is 2.17. The van der Waals surface area contributed by atoms with E-state index in [4.69, 9.17) is 17.0 Å². The van der Waals surface area contributed by atoms with E-state index >= 15 is 0 Å². The van der Waals surface area contributed by atoms with Gasteiger partial charge in [0.05, 0.1) is 6.61 Å². The molecule has 0 aliphatic carbocycles. The summed E-state index contributed by atoms with van der Waals surface area (Å²) in [6.45, 7) is 6.08. The Kier molecular flexibility index (Phi) is 12.4. The molecule has 1 aliphatic rings. The van der Waals surface area contributed by atoms with Crippen LogP contribution in [0.2, 0.25) is 0 Å². The zero-order valence-electron chi connectivity index (χ0n) is 20.8. The van der Waals surface area contributed by atoms with Crippen LogP contribution in [-0.4, -0.2) is 55.3 Å². The first kappa shape index (κ1) is 27.0. The second kappa shape index (κ2) is 16.1. The standard InChI is InChI=1S/C28H40N4O2S/c33-27(14-8-16-30-28(35)31-18-15-24-10-3-1-4-11-24)29-17-9-21-34-26-13-7-12-25(22-26)23-32-19-5-2-6-20-32/h1,3-4,7,10-13,22H,2,5-6,8-9,14-21,23H2,(H,29,33)(H2,30,31,35). The summed E-state index contributed by atoms with van der Waals surface area (Å²) in [6.07, 6.45) is 6.91. The van der Waals surface area contributed by atoms with E-state index in [0.717, 1.165) is 38.1 Å². The molecule has 0 radical (unpaired) electrons. The maximum Gasteiger partial charge on any atom is 0.220 e. The molecule has 1 saturated heterocycles. The number of thiocarbonyl (C=S) groups is 1. The van der Waals surface area contributed by atoms with Gasteiger partial charge in [-0.05, 0) is 80.7 Å². The van der Waals surface area contributed by atoms with Gasteiger partial charge >= 0.3 is 0 Å². The molecule has 3 rings (SSSR count). The van der Waals surface area contributed by atoms with E-state index in [-0.39, 0.29) is 5.91 Å². The SMILES string of the molecule is O=C(CCCNC(=S)NCCc1ccccc1)NCCCOc1cccc(CN2CCCCC2)c1. The van der Waals surface area contributed by atoms with E-state index in [2.05, 4.69) is 51.2 Å². The summed E-state index contributed by atoms with van der Waals surface area (Å²) in [4.78, 5) is 14.6. The monoisotopic (exact) mass is 496 g/mol. The molecule has 0 saturated carbocycles. The molecule has 1 heterocycles. The number of benzene rings is 2. The first-order chi connectivity index (χ1) is 17.2. The number of piperidine rings is 1. The molecule has 190 valence electrons. The van der Waals surface area contributed by atoms with Crippen LogP contribution in [0.4, 0.5) is 0 Å². The first-order valence-electron chi connectivity index (χ1n) is 13.0. The number of rotatable bonds is 14. The zero-order chi connectivity index (χ0) is 24.6. The molecular formula is C28H40N4O2S. The number of carbonyl (C=O) groups is 1. The second-order valence-corrected chi connectivity index (χ2v) is 9.47. The van der Waals surface area contributed by atoms with Gasteiger partial charge in [-0.3, -0.25) is 9.69 Å². The van der Waals surface area contributed by atoms with Gasteiger partial charge in [0, 0.05) is 32.6 Å². The Balaban J connectivity index is 1.17. The van der Waals surface area contributed by atoms with E-state index in [9.17, 15) is 4.79 Å². The van der Waals surface area contributed by atoms with Crippen LogP contribution in [0.25, 0.3) is 0 Å². The van der Waals surface area contributed by atoms with Gasteiger partial charge in [-0.2, -0.15) is 0 Å². The van der Waals surface area contributed by atoms with Gasteiger partial charge in [-0.25, -0.2) is 0 Å². The number of hydrogen-bond acceptors (Lipinski definition) is 4. The normalized spacial score (nSPS) is 13.7. The lowest BCUT2D eigenvalue weighted by Gasteiger charge is -2.26. The molecule has 7 heteroatoms. The smallest absolute Gasteiger partial charge is 0.220 e. The average molecular weight is 497 g/mol. The van der Waals surface area contributed by atoms with E-state index in [1.54, 1.807) is 0 Å². The minimum Gasteiger partial charge on any atom is -0.494 e. The third kappa shape index (κ3) is 11.6. The van der Waals surface area contributed by atoms with Crippen molar-refractivity contribution in [1.82, 2.24) is 20.9 Å². The Morgan fingerprint density at radius 2 is 1.60 bits per heavy atom. The Labute approximate surface area is 215 Å². The van der Waals surface area contributed by atoms with Crippen LogP contribution < -0.4 is 20.7 Å². The highest BCUT2D eigenvalue weighted by Gasteiger charge is 2.10. The predicted octanol–water partition coefficient (Wildman–Crippen LogP) is 4.04. The number of nitrogens with zero attached hydrogens (tertiary/aromatic N) is 1. The number of likely N-dealkylation sites (tertiary alicyclic amines) is 1. The largest absolute Gasteiger partial charge is 0.494 e. The van der Waals surface area contributed by atoms with E-state index in [0.29, 0.717) is 31.2 Å². The van der Waals surface area contributed by atoms with Crippen molar-refractivity contribution in [2.75, 3.05) is 39.3 Å². The fraction of sp³-hybridized carbons (Fsp3) is 0.500. The van der Waals surface area contributed by atoms with Gasteiger partial charge in [0.25, 0.3) is 0 Å². The van der Waals surface area contributed by atoms with Crippen LogP contribution in [0, 0.1) is 0 Å². The quantitative estimate of drug-likeness (QED) is 0.271. The Morgan fingerprint density at radius 1 is 0.857 bits per heavy atom. The molecule has 0 atom stereocenters. The molecule has 0 bridgehead atoms. The molecule has 2 aromatic rings. The third-order valence-corrected chi connectivity index (χ3v) is 6.36. The molecule has 3 N–H and O–H groups in total. The Bertz CT molecular complexity index is 888. The number of nitrogens with one attached hydrogen (secondary N) is 3. The summed E-state index contributed by atoms with van der Waals surface area (Å²) in [5.74, 6) is 0.976. The summed E-state index contributed by atoms with van der Waals surface area (Å²) >= 11 is 5.30. The minimum atomic E-state index is 0.0679. The molecule has 0 spiro atoms. The summed E-state index contributed by atoms with van der Waals surface area (Å²) < 4.78 is 5.90. The topological polar surface area (TPSA) is 65.6 Å². The van der Waals surface area contributed by atoms with Gasteiger partial charge in [0.2, 0.25) is 5.91 Å². The van der Waals surface area contributed by atoms with Crippen LogP contribution in [-0.2, 0) is 17.8 Å². The average Bonchev–Trinajstić information content (AvgIpc) is 2.88. The molecule has 0 unspecified atom stereocenters. The molecule has 0 aromatic heterocycles.